The molecule has 0 aliphatic rings. The Morgan fingerprint density at radius 1 is 1.41 bits per heavy atom. The summed E-state index contributed by atoms with van der Waals surface area (Å²) in [7, 11) is -3.52. The maximum Gasteiger partial charge on any atom is 0.320 e. The van der Waals surface area contributed by atoms with E-state index < -0.39 is 33.6 Å². The molecular formula is C12H16FN3O5S. The van der Waals surface area contributed by atoms with Crippen molar-refractivity contribution in [2.45, 2.75) is 23.8 Å². The van der Waals surface area contributed by atoms with E-state index in [1.165, 1.54) is 6.07 Å². The zero-order chi connectivity index (χ0) is 16.9. The van der Waals surface area contributed by atoms with E-state index in [9.17, 15) is 22.4 Å². The molecule has 0 unspecified atom stereocenters. The van der Waals surface area contributed by atoms with Gasteiger partial charge in [-0.1, -0.05) is 0 Å². The van der Waals surface area contributed by atoms with E-state index in [4.69, 9.17) is 10.8 Å². The van der Waals surface area contributed by atoms with Gasteiger partial charge in [0, 0.05) is 12.7 Å². The van der Waals surface area contributed by atoms with Crippen molar-refractivity contribution in [2.24, 2.45) is 5.73 Å². The number of hydrogen-bond acceptors (Lipinski definition) is 6. The van der Waals surface area contributed by atoms with Crippen LogP contribution in [0.3, 0.4) is 0 Å². The van der Waals surface area contributed by atoms with Gasteiger partial charge < -0.3 is 10.8 Å². The molecule has 0 bridgehead atoms. The summed E-state index contributed by atoms with van der Waals surface area (Å²) in [5, 5.41) is 8.56. The van der Waals surface area contributed by atoms with E-state index >= 15 is 0 Å². The largest absolute Gasteiger partial charge is 0.480 e. The molecule has 0 spiro atoms. The second-order valence-corrected chi connectivity index (χ2v) is 6.59. The van der Waals surface area contributed by atoms with Crippen molar-refractivity contribution in [1.82, 2.24) is 5.43 Å². The number of nitrogens with two attached hydrogens (primary N) is 1. The van der Waals surface area contributed by atoms with Crippen LogP contribution >= 0.6 is 0 Å². The first-order valence-electron chi connectivity index (χ1n) is 6.14. The number of nitrogens with one attached hydrogen (secondary N) is 2. The van der Waals surface area contributed by atoms with E-state index in [2.05, 4.69) is 10.9 Å². The molecule has 1 aromatic carbocycles. The Morgan fingerprint density at radius 2 is 2.05 bits per heavy atom. The monoisotopic (exact) mass is 333 g/mol. The molecule has 1 rings (SSSR count). The molecule has 0 aliphatic carbocycles. The SMILES string of the molecule is CS(=O)(=O)c1ccc(NNC(=O)CC[C@@H](N)C(=O)O)c(F)c1. The number of carbonyl (C=O) groups is 2. The topological polar surface area (TPSA) is 139 Å². The highest BCUT2D eigenvalue weighted by Gasteiger charge is 2.14. The summed E-state index contributed by atoms with van der Waals surface area (Å²) in [6, 6.07) is 2.02. The summed E-state index contributed by atoms with van der Waals surface area (Å²) >= 11 is 0. The molecule has 0 heterocycles. The minimum absolute atomic E-state index is 0.0711. The number of benzene rings is 1. The van der Waals surface area contributed by atoms with Crippen LogP contribution in [0.1, 0.15) is 12.8 Å². The first kappa shape index (κ1) is 17.9. The van der Waals surface area contributed by atoms with Crippen LogP contribution in [-0.4, -0.2) is 37.7 Å². The average Bonchev–Trinajstić information content (AvgIpc) is 2.42. The van der Waals surface area contributed by atoms with Gasteiger partial charge in [-0.25, -0.2) is 12.8 Å². The van der Waals surface area contributed by atoms with Crippen molar-refractivity contribution in [2.75, 3.05) is 11.7 Å². The van der Waals surface area contributed by atoms with Crippen LogP contribution in [0, 0.1) is 5.82 Å². The van der Waals surface area contributed by atoms with Crippen molar-refractivity contribution in [1.29, 1.82) is 0 Å². The number of carboxylic acid groups (broad SMARTS) is 1. The normalized spacial score (nSPS) is 12.5. The summed E-state index contributed by atoms with van der Waals surface area (Å²) in [4.78, 5) is 21.7. The first-order valence-corrected chi connectivity index (χ1v) is 8.03. The zero-order valence-corrected chi connectivity index (χ0v) is 12.5. The summed E-state index contributed by atoms with van der Waals surface area (Å²) < 4.78 is 36.2. The Morgan fingerprint density at radius 3 is 2.55 bits per heavy atom. The van der Waals surface area contributed by atoms with E-state index in [1.54, 1.807) is 0 Å². The van der Waals surface area contributed by atoms with Crippen LogP contribution in [0.15, 0.2) is 23.1 Å². The van der Waals surface area contributed by atoms with Gasteiger partial charge in [0.1, 0.15) is 11.9 Å². The van der Waals surface area contributed by atoms with E-state index in [1.807, 2.05) is 0 Å². The van der Waals surface area contributed by atoms with Gasteiger partial charge in [-0.05, 0) is 24.6 Å². The van der Waals surface area contributed by atoms with Crippen molar-refractivity contribution >= 4 is 27.4 Å². The van der Waals surface area contributed by atoms with Gasteiger partial charge in [0.05, 0.1) is 10.6 Å². The molecule has 5 N–H and O–H groups in total. The lowest BCUT2D eigenvalue weighted by Crippen LogP contribution is -2.34. The fourth-order valence-corrected chi connectivity index (χ4v) is 2.07. The van der Waals surface area contributed by atoms with Crippen LogP contribution in [0.2, 0.25) is 0 Å². The third-order valence-corrected chi connectivity index (χ3v) is 3.82. The molecule has 122 valence electrons. The fraction of sp³-hybridized carbons (Fsp3) is 0.333. The average molecular weight is 333 g/mol. The van der Waals surface area contributed by atoms with Gasteiger partial charge in [-0.15, -0.1) is 0 Å². The second-order valence-electron chi connectivity index (χ2n) is 4.57. The number of hydrogen-bond donors (Lipinski definition) is 4. The Labute approximate surface area is 126 Å². The maximum absolute atomic E-state index is 13.7. The second kappa shape index (κ2) is 7.18. The molecule has 1 amide bonds. The van der Waals surface area contributed by atoms with Gasteiger partial charge in [0.15, 0.2) is 9.84 Å². The maximum atomic E-state index is 13.7. The molecule has 1 aromatic rings. The Hall–Kier alpha value is -2.20. The summed E-state index contributed by atoms with van der Waals surface area (Å²) in [6.45, 7) is 0. The molecule has 0 fully saturated rings. The number of sulfone groups is 1. The highest BCUT2D eigenvalue weighted by molar-refractivity contribution is 7.90. The lowest BCUT2D eigenvalue weighted by molar-refractivity contribution is -0.138. The lowest BCUT2D eigenvalue weighted by atomic mass is 10.2. The molecule has 0 radical (unpaired) electrons. The van der Waals surface area contributed by atoms with Gasteiger partial charge >= 0.3 is 5.97 Å². The van der Waals surface area contributed by atoms with E-state index in [0.29, 0.717) is 0 Å². The molecule has 10 heteroatoms. The Kier molecular flexibility index (Phi) is 5.83. The third-order valence-electron chi connectivity index (χ3n) is 2.70. The minimum Gasteiger partial charge on any atom is -0.480 e. The summed E-state index contributed by atoms with van der Waals surface area (Å²) in [5.41, 5.74) is 9.57. The predicted octanol–water partition coefficient (Wildman–Crippen LogP) is -0.136. The molecule has 22 heavy (non-hydrogen) atoms. The zero-order valence-electron chi connectivity index (χ0n) is 11.7. The van der Waals surface area contributed by atoms with Crippen molar-refractivity contribution in [3.05, 3.63) is 24.0 Å². The molecule has 1 atom stereocenters. The number of amides is 1. The quantitative estimate of drug-likeness (QED) is 0.509. The third kappa shape index (κ3) is 5.30. The number of carbonyl (C=O) groups excluding carboxylic acids is 1. The first-order chi connectivity index (χ1) is 10.1. The van der Waals surface area contributed by atoms with Crippen LogP contribution in [-0.2, 0) is 19.4 Å². The summed E-state index contributed by atoms with van der Waals surface area (Å²) in [6.07, 6.45) is 0.712. The van der Waals surface area contributed by atoms with Crippen LogP contribution in [0.4, 0.5) is 10.1 Å². The number of carboxylic acids is 1. The van der Waals surface area contributed by atoms with Gasteiger partial charge in [-0.3, -0.25) is 20.4 Å². The van der Waals surface area contributed by atoms with Gasteiger partial charge in [-0.2, -0.15) is 0 Å². The van der Waals surface area contributed by atoms with Gasteiger partial charge in [0.2, 0.25) is 5.91 Å². The highest BCUT2D eigenvalue weighted by Crippen LogP contribution is 2.18. The van der Waals surface area contributed by atoms with Gasteiger partial charge in [0.25, 0.3) is 0 Å². The standard InChI is InChI=1S/C12H16FN3O5S/c1-22(20,21)7-2-4-10(8(13)6-7)15-16-11(17)5-3-9(14)12(18)19/h2,4,6,9,15H,3,5,14H2,1H3,(H,16,17)(H,18,19)/t9-/m1/s1. The van der Waals surface area contributed by atoms with Crippen molar-refractivity contribution in [3.63, 3.8) is 0 Å². The Balaban J connectivity index is 2.58. The number of hydrazine groups is 1. The Bertz CT molecular complexity index is 677. The fourth-order valence-electron chi connectivity index (χ4n) is 1.44. The van der Waals surface area contributed by atoms with Crippen LogP contribution in [0.5, 0.6) is 0 Å². The molecule has 0 aliphatic heterocycles. The van der Waals surface area contributed by atoms with E-state index in [-0.39, 0.29) is 23.4 Å². The highest BCUT2D eigenvalue weighted by atomic mass is 32.2. The van der Waals surface area contributed by atoms with E-state index in [0.717, 1.165) is 18.4 Å². The molecule has 8 nitrogen and oxygen atoms in total. The lowest BCUT2D eigenvalue weighted by Gasteiger charge is -2.11. The molecular weight excluding hydrogens is 317 g/mol. The molecule has 0 aromatic heterocycles. The van der Waals surface area contributed by atoms with Crippen LogP contribution < -0.4 is 16.6 Å². The van der Waals surface area contributed by atoms with Crippen LogP contribution in [0.25, 0.3) is 0 Å². The molecule has 0 saturated heterocycles. The predicted molar refractivity (Wildman–Crippen MR) is 76.1 cm³/mol. The minimum atomic E-state index is -3.52. The van der Waals surface area contributed by atoms with Crippen molar-refractivity contribution in [3.8, 4) is 0 Å². The number of aliphatic carboxylic acids is 1. The van der Waals surface area contributed by atoms with Crippen molar-refractivity contribution < 1.29 is 27.5 Å². The summed E-state index contributed by atoms with van der Waals surface area (Å²) in [5.74, 6) is -2.66. The molecule has 0 saturated carbocycles. The number of rotatable bonds is 7. The smallest absolute Gasteiger partial charge is 0.320 e. The number of halogens is 1. The number of anilines is 1.